The van der Waals surface area contributed by atoms with E-state index in [9.17, 15) is 25.2 Å². The van der Waals surface area contributed by atoms with Gasteiger partial charge in [-0.1, -0.05) is 13.3 Å². The molecule has 28 heavy (non-hydrogen) atoms. The average molecular weight is 443 g/mol. The van der Waals surface area contributed by atoms with Gasteiger partial charge in [-0.05, 0) is 39.0 Å². The van der Waals surface area contributed by atoms with E-state index < -0.39 is 42.0 Å². The molecule has 2 fully saturated rings. The SMILES string of the molecule is CCC[C@@H]1C[C@@H](C(=O)NC(C(C)O)C2OC(SC)[C@@H](O)[C@H](O)[C@H]2O)N(C)C1.Cl. The van der Waals surface area contributed by atoms with Crippen LogP contribution < -0.4 is 5.32 Å². The van der Waals surface area contributed by atoms with Crippen molar-refractivity contribution in [1.82, 2.24) is 10.2 Å². The molecule has 2 saturated heterocycles. The Kier molecular flexibility index (Phi) is 10.5. The highest BCUT2D eigenvalue weighted by Crippen LogP contribution is 2.30. The van der Waals surface area contributed by atoms with E-state index in [2.05, 4.69) is 12.2 Å². The number of thioether (sulfide) groups is 1. The number of rotatable bonds is 7. The van der Waals surface area contributed by atoms with E-state index in [1.165, 1.54) is 18.7 Å². The summed E-state index contributed by atoms with van der Waals surface area (Å²) in [5.74, 6) is 0.245. The van der Waals surface area contributed by atoms with E-state index >= 15 is 0 Å². The van der Waals surface area contributed by atoms with E-state index in [0.29, 0.717) is 5.92 Å². The first-order chi connectivity index (χ1) is 12.7. The number of carbonyl (C=O) groups is 1. The Morgan fingerprint density at radius 3 is 2.46 bits per heavy atom. The highest BCUT2D eigenvalue weighted by molar-refractivity contribution is 7.99. The van der Waals surface area contributed by atoms with Crippen molar-refractivity contribution in [2.75, 3.05) is 19.8 Å². The molecule has 10 heteroatoms. The third-order valence-corrected chi connectivity index (χ3v) is 6.51. The van der Waals surface area contributed by atoms with Crippen molar-refractivity contribution < 1.29 is 30.0 Å². The molecule has 4 unspecified atom stereocenters. The van der Waals surface area contributed by atoms with Crippen LogP contribution in [0.2, 0.25) is 0 Å². The minimum atomic E-state index is -1.42. The van der Waals surface area contributed by atoms with Gasteiger partial charge >= 0.3 is 0 Å². The molecular formula is C18H35ClN2O6S. The van der Waals surface area contributed by atoms with Crippen molar-refractivity contribution in [1.29, 1.82) is 0 Å². The second-order valence-corrected chi connectivity index (χ2v) is 8.73. The zero-order chi connectivity index (χ0) is 20.3. The topological polar surface area (TPSA) is 122 Å². The number of likely N-dealkylation sites (N-methyl/N-ethyl adjacent to an activating group) is 1. The van der Waals surface area contributed by atoms with Gasteiger partial charge in [0.05, 0.1) is 18.2 Å². The van der Waals surface area contributed by atoms with Crippen LogP contribution in [0.25, 0.3) is 0 Å². The number of halogens is 1. The minimum Gasteiger partial charge on any atom is -0.391 e. The van der Waals surface area contributed by atoms with Gasteiger partial charge in [0.2, 0.25) is 5.91 Å². The van der Waals surface area contributed by atoms with Crippen molar-refractivity contribution >= 4 is 30.1 Å². The van der Waals surface area contributed by atoms with Crippen LogP contribution in [-0.4, -0.2) is 99.1 Å². The number of likely N-dealkylation sites (tertiary alicyclic amines) is 1. The van der Waals surface area contributed by atoms with E-state index in [-0.39, 0.29) is 24.4 Å². The van der Waals surface area contributed by atoms with Gasteiger partial charge < -0.3 is 30.5 Å². The Morgan fingerprint density at radius 1 is 1.29 bits per heavy atom. The lowest BCUT2D eigenvalue weighted by atomic mass is 9.92. The summed E-state index contributed by atoms with van der Waals surface area (Å²) in [6, 6.07) is -1.20. The number of aliphatic hydroxyl groups excluding tert-OH is 4. The molecule has 166 valence electrons. The summed E-state index contributed by atoms with van der Waals surface area (Å²) in [4.78, 5) is 14.9. The molecule has 0 radical (unpaired) electrons. The van der Waals surface area contributed by atoms with Crippen LogP contribution >= 0.6 is 24.2 Å². The Labute approximate surface area is 177 Å². The molecule has 2 rings (SSSR count). The molecule has 1 amide bonds. The van der Waals surface area contributed by atoms with E-state index in [0.717, 1.165) is 25.8 Å². The summed E-state index contributed by atoms with van der Waals surface area (Å²) in [5.41, 5.74) is -0.755. The third-order valence-electron chi connectivity index (χ3n) is 5.66. The predicted molar refractivity (Wildman–Crippen MR) is 110 cm³/mol. The summed E-state index contributed by atoms with van der Waals surface area (Å²) >= 11 is 1.20. The number of hydrogen-bond acceptors (Lipinski definition) is 8. The minimum absolute atomic E-state index is 0. The molecular weight excluding hydrogens is 408 g/mol. The van der Waals surface area contributed by atoms with Gasteiger partial charge in [-0.2, -0.15) is 0 Å². The summed E-state index contributed by atoms with van der Waals surface area (Å²) in [7, 11) is 1.91. The molecule has 0 aromatic heterocycles. The van der Waals surface area contributed by atoms with Crippen molar-refractivity contribution in [2.45, 2.75) is 81.1 Å². The molecule has 5 N–H and O–H groups in total. The van der Waals surface area contributed by atoms with Crippen LogP contribution in [0.1, 0.15) is 33.1 Å². The fourth-order valence-electron chi connectivity index (χ4n) is 4.13. The average Bonchev–Trinajstić information content (AvgIpc) is 2.99. The monoisotopic (exact) mass is 442 g/mol. The molecule has 2 aliphatic rings. The Hall–Kier alpha value is -0.130. The van der Waals surface area contributed by atoms with Crippen LogP contribution in [0.15, 0.2) is 0 Å². The number of ether oxygens (including phenoxy) is 1. The van der Waals surface area contributed by atoms with Gasteiger partial charge in [-0.3, -0.25) is 9.69 Å². The summed E-state index contributed by atoms with van der Waals surface area (Å²) in [5, 5.41) is 43.5. The first kappa shape index (κ1) is 25.9. The smallest absolute Gasteiger partial charge is 0.237 e. The number of carbonyl (C=O) groups excluding carboxylic acids is 1. The van der Waals surface area contributed by atoms with Gasteiger partial charge in [-0.15, -0.1) is 24.2 Å². The second-order valence-electron chi connectivity index (χ2n) is 7.80. The van der Waals surface area contributed by atoms with Crippen molar-refractivity contribution in [3.63, 3.8) is 0 Å². The zero-order valence-corrected chi connectivity index (χ0v) is 18.5. The van der Waals surface area contributed by atoms with Gasteiger partial charge in [0.1, 0.15) is 29.9 Å². The molecule has 2 aliphatic heterocycles. The molecule has 0 bridgehead atoms. The highest BCUT2D eigenvalue weighted by atomic mass is 35.5. The fraction of sp³-hybridized carbons (Fsp3) is 0.944. The van der Waals surface area contributed by atoms with E-state index in [1.54, 1.807) is 6.26 Å². The normalized spacial score (nSPS) is 38.5. The van der Waals surface area contributed by atoms with Crippen LogP contribution in [0, 0.1) is 5.92 Å². The molecule has 0 aromatic carbocycles. The van der Waals surface area contributed by atoms with E-state index in [4.69, 9.17) is 4.74 Å². The van der Waals surface area contributed by atoms with Gasteiger partial charge in [0.25, 0.3) is 0 Å². The number of amides is 1. The Bertz CT molecular complexity index is 501. The maximum atomic E-state index is 12.8. The quantitative estimate of drug-likeness (QED) is 0.360. The van der Waals surface area contributed by atoms with E-state index in [1.807, 2.05) is 11.9 Å². The van der Waals surface area contributed by atoms with Gasteiger partial charge in [0.15, 0.2) is 0 Å². The molecule has 0 spiro atoms. The van der Waals surface area contributed by atoms with Crippen LogP contribution in [0.5, 0.6) is 0 Å². The standard InChI is InChI=1S/C18H34N2O6S.ClH/c1-5-6-10-7-11(20(3)8-10)17(25)19-12(9(2)21)16-14(23)13(22)15(24)18(26-16)27-4;/h9-16,18,21-24H,5-8H2,1-4H3,(H,19,25);1H/t9?,10-,11+,12?,13-,14-,15+,16?,18?;/m1./s1. The first-order valence-electron chi connectivity index (χ1n) is 9.62. The predicted octanol–water partition coefficient (Wildman–Crippen LogP) is -0.435. The third kappa shape index (κ3) is 5.72. The van der Waals surface area contributed by atoms with Gasteiger partial charge in [-0.25, -0.2) is 0 Å². The lowest BCUT2D eigenvalue weighted by Gasteiger charge is -2.44. The molecule has 0 aliphatic carbocycles. The molecule has 9 atom stereocenters. The van der Waals surface area contributed by atoms with Crippen LogP contribution in [0.3, 0.4) is 0 Å². The largest absolute Gasteiger partial charge is 0.391 e. The van der Waals surface area contributed by atoms with Crippen LogP contribution in [0.4, 0.5) is 0 Å². The number of nitrogens with one attached hydrogen (secondary N) is 1. The maximum absolute atomic E-state index is 12.8. The Balaban J connectivity index is 0.00000392. The summed E-state index contributed by atoms with van der Waals surface area (Å²) < 4.78 is 5.72. The molecule has 0 aromatic rings. The first-order valence-corrected chi connectivity index (χ1v) is 10.9. The molecule has 0 saturated carbocycles. The van der Waals surface area contributed by atoms with Gasteiger partial charge in [0, 0.05) is 6.54 Å². The van der Waals surface area contributed by atoms with Crippen molar-refractivity contribution in [3.8, 4) is 0 Å². The number of aliphatic hydroxyl groups is 4. The zero-order valence-electron chi connectivity index (χ0n) is 16.9. The number of hydrogen-bond donors (Lipinski definition) is 5. The summed E-state index contributed by atoms with van der Waals surface area (Å²) in [6.45, 7) is 4.48. The van der Waals surface area contributed by atoms with Crippen molar-refractivity contribution in [2.24, 2.45) is 5.92 Å². The lowest BCUT2D eigenvalue weighted by Crippen LogP contribution is -2.65. The maximum Gasteiger partial charge on any atom is 0.237 e. The van der Waals surface area contributed by atoms with Crippen LogP contribution in [-0.2, 0) is 9.53 Å². The fourth-order valence-corrected chi connectivity index (χ4v) is 4.81. The molecule has 8 nitrogen and oxygen atoms in total. The molecule has 2 heterocycles. The Morgan fingerprint density at radius 2 is 1.93 bits per heavy atom. The summed E-state index contributed by atoms with van der Waals surface area (Å²) in [6.07, 6.45) is -1.50. The number of nitrogens with zero attached hydrogens (tertiary/aromatic N) is 1. The lowest BCUT2D eigenvalue weighted by molar-refractivity contribution is -0.211. The second kappa shape index (κ2) is 11.3. The van der Waals surface area contributed by atoms with Crippen molar-refractivity contribution in [3.05, 3.63) is 0 Å². The highest BCUT2D eigenvalue weighted by Gasteiger charge is 2.48.